The molecule has 28 heavy (non-hydrogen) atoms. The number of hydrogen-bond acceptors (Lipinski definition) is 4. The first-order valence-electron chi connectivity index (χ1n) is 9.17. The van der Waals surface area contributed by atoms with Gasteiger partial charge in [0.05, 0.1) is 5.52 Å². The Balaban J connectivity index is 1.70. The second-order valence-electron chi connectivity index (χ2n) is 6.84. The lowest BCUT2D eigenvalue weighted by Gasteiger charge is -2.09. The molecule has 0 aliphatic rings. The summed E-state index contributed by atoms with van der Waals surface area (Å²) in [6, 6.07) is 26.7. The highest BCUT2D eigenvalue weighted by Crippen LogP contribution is 2.32. The summed E-state index contributed by atoms with van der Waals surface area (Å²) in [5.74, 6) is 0.631. The van der Waals surface area contributed by atoms with Crippen molar-refractivity contribution in [2.75, 3.05) is 0 Å². The van der Waals surface area contributed by atoms with Crippen LogP contribution in [0.5, 0.6) is 0 Å². The normalized spacial score (nSPS) is 11.6. The average Bonchev–Trinajstić information content (AvgIpc) is 2.78. The van der Waals surface area contributed by atoms with E-state index in [-0.39, 0.29) is 0 Å². The molecule has 4 nitrogen and oxygen atoms in total. The minimum Gasteiger partial charge on any atom is -0.256 e. The fourth-order valence-electron chi connectivity index (χ4n) is 3.85. The number of aromatic nitrogens is 4. The molecule has 0 amide bonds. The maximum Gasteiger partial charge on any atom is 0.182 e. The summed E-state index contributed by atoms with van der Waals surface area (Å²) in [5, 5.41) is 14.5. The van der Waals surface area contributed by atoms with Gasteiger partial charge < -0.3 is 0 Å². The van der Waals surface area contributed by atoms with E-state index in [1.807, 2.05) is 42.6 Å². The third-order valence-corrected chi connectivity index (χ3v) is 5.19. The van der Waals surface area contributed by atoms with Crippen LogP contribution in [0.25, 0.3) is 54.9 Å². The van der Waals surface area contributed by atoms with Gasteiger partial charge in [0, 0.05) is 27.9 Å². The molecule has 6 aromatic rings. The molecule has 0 aliphatic carbocycles. The monoisotopic (exact) mass is 358 g/mol. The first-order chi connectivity index (χ1) is 13.9. The maximum absolute atomic E-state index is 4.93. The number of fused-ring (bicyclic) bond motifs is 7. The lowest BCUT2D eigenvalue weighted by Crippen LogP contribution is -1.97. The molecule has 0 bridgehead atoms. The van der Waals surface area contributed by atoms with Crippen LogP contribution in [-0.2, 0) is 0 Å². The molecule has 0 unspecified atom stereocenters. The molecule has 2 aromatic heterocycles. The fraction of sp³-hybridized carbons (Fsp3) is 0. The maximum atomic E-state index is 4.93. The highest BCUT2D eigenvalue weighted by molar-refractivity contribution is 6.21. The summed E-state index contributed by atoms with van der Waals surface area (Å²) < 4.78 is 0. The quantitative estimate of drug-likeness (QED) is 0.362. The molecule has 0 radical (unpaired) electrons. The van der Waals surface area contributed by atoms with Crippen molar-refractivity contribution in [1.82, 2.24) is 20.2 Å². The van der Waals surface area contributed by atoms with E-state index in [0.29, 0.717) is 5.82 Å². The number of benzene rings is 4. The smallest absolute Gasteiger partial charge is 0.182 e. The first-order valence-corrected chi connectivity index (χ1v) is 9.17. The summed E-state index contributed by atoms with van der Waals surface area (Å²) in [5.41, 5.74) is 3.53. The minimum atomic E-state index is 0.631. The van der Waals surface area contributed by atoms with Gasteiger partial charge in [0.15, 0.2) is 5.82 Å². The largest absolute Gasteiger partial charge is 0.256 e. The number of hydrogen-bond donors (Lipinski definition) is 0. The van der Waals surface area contributed by atoms with Crippen LogP contribution in [0.2, 0.25) is 0 Å². The SMILES string of the molecule is c1ccc2cc(-c3nnc4c5cccnc5c5ccccc5c4n3)ccc2c1. The predicted octanol–water partition coefficient (Wildman–Crippen LogP) is 5.55. The van der Waals surface area contributed by atoms with Crippen molar-refractivity contribution in [3.63, 3.8) is 0 Å². The van der Waals surface area contributed by atoms with Gasteiger partial charge in [-0.05, 0) is 29.0 Å². The fourth-order valence-corrected chi connectivity index (χ4v) is 3.85. The van der Waals surface area contributed by atoms with Crippen LogP contribution in [0.3, 0.4) is 0 Å². The van der Waals surface area contributed by atoms with Crippen molar-refractivity contribution in [2.45, 2.75) is 0 Å². The van der Waals surface area contributed by atoms with E-state index in [0.717, 1.165) is 43.7 Å². The number of rotatable bonds is 1. The van der Waals surface area contributed by atoms with E-state index in [1.165, 1.54) is 5.39 Å². The van der Waals surface area contributed by atoms with E-state index in [4.69, 9.17) is 4.98 Å². The first kappa shape index (κ1) is 15.2. The topological polar surface area (TPSA) is 51.6 Å². The van der Waals surface area contributed by atoms with Gasteiger partial charge in [0.1, 0.15) is 11.0 Å². The van der Waals surface area contributed by atoms with Gasteiger partial charge in [-0.1, -0.05) is 60.7 Å². The Morgan fingerprint density at radius 2 is 1.29 bits per heavy atom. The third kappa shape index (κ3) is 2.18. The van der Waals surface area contributed by atoms with Gasteiger partial charge in [0.25, 0.3) is 0 Å². The zero-order chi connectivity index (χ0) is 18.5. The number of pyridine rings is 1. The van der Waals surface area contributed by atoms with Gasteiger partial charge in [0.2, 0.25) is 0 Å². The van der Waals surface area contributed by atoms with Crippen molar-refractivity contribution >= 4 is 43.5 Å². The van der Waals surface area contributed by atoms with Crippen molar-refractivity contribution in [3.8, 4) is 11.4 Å². The molecule has 6 rings (SSSR count). The standard InChI is InChI=1S/C24H14N4/c1-2-7-16-14-17(12-11-15(16)6-1)24-26-22-19-9-4-3-8-18(19)21-20(10-5-13-25-21)23(22)27-28-24/h1-14H. The van der Waals surface area contributed by atoms with Crippen LogP contribution < -0.4 is 0 Å². The minimum absolute atomic E-state index is 0.631. The summed E-state index contributed by atoms with van der Waals surface area (Å²) in [6.45, 7) is 0. The molecule has 0 saturated heterocycles. The van der Waals surface area contributed by atoms with E-state index < -0.39 is 0 Å². The molecule has 0 atom stereocenters. The molecule has 0 spiro atoms. The Bertz CT molecular complexity index is 1490. The van der Waals surface area contributed by atoms with Crippen LogP contribution in [0.15, 0.2) is 85.1 Å². The van der Waals surface area contributed by atoms with Crippen molar-refractivity contribution in [3.05, 3.63) is 85.1 Å². The highest BCUT2D eigenvalue weighted by Gasteiger charge is 2.13. The molecule has 0 N–H and O–H groups in total. The molecule has 4 aromatic carbocycles. The Morgan fingerprint density at radius 3 is 2.18 bits per heavy atom. The van der Waals surface area contributed by atoms with E-state index >= 15 is 0 Å². The van der Waals surface area contributed by atoms with Crippen LogP contribution >= 0.6 is 0 Å². The average molecular weight is 358 g/mol. The highest BCUT2D eigenvalue weighted by atomic mass is 15.2. The van der Waals surface area contributed by atoms with Crippen LogP contribution in [0, 0.1) is 0 Å². The second kappa shape index (κ2) is 5.79. The lowest BCUT2D eigenvalue weighted by atomic mass is 10.0. The molecule has 4 heteroatoms. The zero-order valence-corrected chi connectivity index (χ0v) is 14.9. The molecular formula is C24H14N4. The summed E-state index contributed by atoms with van der Waals surface area (Å²) in [7, 11) is 0. The predicted molar refractivity (Wildman–Crippen MR) is 113 cm³/mol. The summed E-state index contributed by atoms with van der Waals surface area (Å²) in [4.78, 5) is 9.51. The molecular weight excluding hydrogens is 344 g/mol. The molecule has 0 aliphatic heterocycles. The second-order valence-corrected chi connectivity index (χ2v) is 6.84. The molecule has 2 heterocycles. The Kier molecular flexibility index (Phi) is 3.14. The molecule has 130 valence electrons. The van der Waals surface area contributed by atoms with Crippen molar-refractivity contribution in [2.24, 2.45) is 0 Å². The Morgan fingerprint density at radius 1 is 0.536 bits per heavy atom. The molecule has 0 saturated carbocycles. The third-order valence-electron chi connectivity index (χ3n) is 5.19. The van der Waals surface area contributed by atoms with Crippen molar-refractivity contribution in [1.29, 1.82) is 0 Å². The van der Waals surface area contributed by atoms with Crippen LogP contribution in [-0.4, -0.2) is 20.2 Å². The number of nitrogens with zero attached hydrogens (tertiary/aromatic N) is 4. The van der Waals surface area contributed by atoms with Gasteiger partial charge in [-0.2, -0.15) is 0 Å². The summed E-state index contributed by atoms with van der Waals surface area (Å²) in [6.07, 6.45) is 1.81. The van der Waals surface area contributed by atoms with E-state index in [1.54, 1.807) is 0 Å². The van der Waals surface area contributed by atoms with E-state index in [9.17, 15) is 0 Å². The van der Waals surface area contributed by atoms with Gasteiger partial charge in [-0.3, -0.25) is 4.98 Å². The van der Waals surface area contributed by atoms with Gasteiger partial charge in [-0.25, -0.2) is 4.98 Å². The van der Waals surface area contributed by atoms with Crippen LogP contribution in [0.4, 0.5) is 0 Å². The lowest BCUT2D eigenvalue weighted by molar-refractivity contribution is 1.04. The molecule has 0 fully saturated rings. The van der Waals surface area contributed by atoms with Gasteiger partial charge in [-0.15, -0.1) is 10.2 Å². The summed E-state index contributed by atoms with van der Waals surface area (Å²) >= 11 is 0. The Labute approximate surface area is 160 Å². The van der Waals surface area contributed by atoms with Gasteiger partial charge >= 0.3 is 0 Å². The zero-order valence-electron chi connectivity index (χ0n) is 14.9. The van der Waals surface area contributed by atoms with Crippen molar-refractivity contribution < 1.29 is 0 Å². The van der Waals surface area contributed by atoms with E-state index in [2.05, 4.69) is 57.6 Å². The van der Waals surface area contributed by atoms with Crippen LogP contribution in [0.1, 0.15) is 0 Å². The Hall–Kier alpha value is -3.92.